The van der Waals surface area contributed by atoms with Gasteiger partial charge in [0, 0.05) is 62.1 Å². The van der Waals surface area contributed by atoms with E-state index in [1.54, 1.807) is 0 Å². The Morgan fingerprint density at radius 2 is 0.511 bits per heavy atom. The number of anilines is 6. The van der Waals surface area contributed by atoms with Crippen LogP contribution in [0.2, 0.25) is 0 Å². The Bertz CT molecular complexity index is 7930. The van der Waals surface area contributed by atoms with Gasteiger partial charge >= 0.3 is 0 Å². The van der Waals surface area contributed by atoms with Crippen LogP contribution in [0.4, 0.5) is 34.1 Å². The normalized spacial score (nSPS) is 12.9. The van der Waals surface area contributed by atoms with Gasteiger partial charge in [-0.1, -0.05) is 461 Å². The summed E-state index contributed by atoms with van der Waals surface area (Å²) in [5.74, 6) is 3.04. The molecule has 0 aromatic heterocycles. The largest absolute Gasteiger partial charge is 0.459 e. The summed E-state index contributed by atoms with van der Waals surface area (Å²) in [6.45, 7) is -0.991. The first-order valence-corrected chi connectivity index (χ1v) is 46.1. The number of ether oxygens (including phenoxy) is 2. The first kappa shape index (κ1) is 77.1. The number of para-hydroxylation sites is 2. The van der Waals surface area contributed by atoms with Gasteiger partial charge in [-0.25, -0.2) is 0 Å². The second-order valence-electron chi connectivity index (χ2n) is 35.4. The topological polar surface area (TPSA) is 24.9 Å². The summed E-state index contributed by atoms with van der Waals surface area (Å²) in [5.41, 5.74) is 43.0. The van der Waals surface area contributed by atoms with Crippen LogP contribution in [0.3, 0.4) is 0 Å². The van der Waals surface area contributed by atoms with E-state index >= 15 is 0 Å². The molecule has 0 bridgehead atoms. The standard InChI is InChI=1S/C127H82B2N2O2/c1-11-36-83(37-12-1)89-64-68-93(69-65-89)103-59-34-60-104(94-70-66-90(67-71-94)84-38-13-2-14-39-84)123(103)130-113-74-72-95(85-40-15-3-16-41-85)77-110(113)129-120-114(130)80-98(88-46-21-6-22-47-88)81-115(120)131(124-101(91-48-23-7-24-49-91)57-33-58-102(124)92-50-25-8-26-51-92)116-82-118-122-126(121(116)129)132-117-75-73-96(86-42-17-4-18-43-86)78-111(117)128(122)112-79-97(87-44-19-5-20-45-87)76-107(125(112)133-118)105-61-35-63-109-119(105)106-56-31-32-62-108(106)127(109,99-52-27-9-28-53-99)100-54-29-10-30-55-100/h1-82H. The molecule has 618 valence electrons. The van der Waals surface area contributed by atoms with Crippen LogP contribution in [0.15, 0.2) is 497 Å². The van der Waals surface area contributed by atoms with Gasteiger partial charge in [-0.05, 0) is 186 Å². The van der Waals surface area contributed by atoms with Crippen LogP contribution < -0.4 is 52.1 Å². The molecule has 1 aliphatic carbocycles. The van der Waals surface area contributed by atoms with Crippen molar-refractivity contribution in [3.63, 3.8) is 0 Å². The second-order valence-corrected chi connectivity index (χ2v) is 35.4. The highest BCUT2D eigenvalue weighted by Gasteiger charge is 2.53. The fourth-order valence-electron chi connectivity index (χ4n) is 22.4. The minimum Gasteiger partial charge on any atom is -0.459 e. The van der Waals surface area contributed by atoms with Crippen LogP contribution in [0.25, 0.3) is 134 Å². The Hall–Kier alpha value is -17.1. The molecule has 26 rings (SSSR count). The van der Waals surface area contributed by atoms with Crippen molar-refractivity contribution in [3.8, 4) is 157 Å². The van der Waals surface area contributed by atoms with E-state index in [0.717, 1.165) is 207 Å². The maximum atomic E-state index is 8.55. The zero-order valence-corrected chi connectivity index (χ0v) is 72.7. The lowest BCUT2D eigenvalue weighted by molar-refractivity contribution is 0.468. The molecule has 21 aromatic rings. The molecule has 0 amide bonds. The van der Waals surface area contributed by atoms with E-state index in [1.165, 1.54) is 33.4 Å². The molecule has 4 nitrogen and oxygen atoms in total. The smallest absolute Gasteiger partial charge is 0.260 e. The van der Waals surface area contributed by atoms with Crippen LogP contribution in [0, 0.1) is 0 Å². The van der Waals surface area contributed by atoms with Crippen molar-refractivity contribution in [2.75, 3.05) is 9.80 Å². The van der Waals surface area contributed by atoms with Crippen molar-refractivity contribution >= 4 is 80.3 Å². The minimum absolute atomic E-state index is 0.469. The van der Waals surface area contributed by atoms with Crippen molar-refractivity contribution in [1.29, 1.82) is 0 Å². The van der Waals surface area contributed by atoms with Gasteiger partial charge in [-0.2, -0.15) is 0 Å². The van der Waals surface area contributed by atoms with E-state index in [0.29, 0.717) is 5.75 Å². The molecule has 21 aromatic carbocycles. The number of rotatable bonds is 15. The van der Waals surface area contributed by atoms with Gasteiger partial charge in [0.25, 0.3) is 13.4 Å². The lowest BCUT2D eigenvalue weighted by Gasteiger charge is -2.47. The first-order chi connectivity index (χ1) is 66.0. The Kier molecular flexibility index (Phi) is 18.4. The molecule has 133 heavy (non-hydrogen) atoms. The second kappa shape index (κ2) is 31.7. The molecule has 0 spiro atoms. The van der Waals surface area contributed by atoms with Crippen molar-refractivity contribution in [3.05, 3.63) is 520 Å². The molecule has 6 heteroatoms. The summed E-state index contributed by atoms with van der Waals surface area (Å²) in [5, 5.41) is 0. The van der Waals surface area contributed by atoms with Crippen LogP contribution in [-0.4, -0.2) is 13.4 Å². The van der Waals surface area contributed by atoms with Gasteiger partial charge in [-0.3, -0.25) is 0 Å². The van der Waals surface area contributed by atoms with Gasteiger partial charge in [0.1, 0.15) is 23.0 Å². The van der Waals surface area contributed by atoms with E-state index in [-0.39, 0.29) is 0 Å². The zero-order chi connectivity index (χ0) is 87.6. The van der Waals surface area contributed by atoms with E-state index in [4.69, 9.17) is 9.47 Å². The van der Waals surface area contributed by atoms with Gasteiger partial charge in [0.15, 0.2) is 0 Å². The van der Waals surface area contributed by atoms with E-state index < -0.39 is 18.8 Å². The van der Waals surface area contributed by atoms with Gasteiger partial charge in [0.2, 0.25) is 0 Å². The molecular weight excluding hydrogens is 1610 g/mol. The molecule has 0 unspecified atom stereocenters. The van der Waals surface area contributed by atoms with Gasteiger partial charge in [-0.15, -0.1) is 0 Å². The molecule has 0 radical (unpaired) electrons. The molecule has 0 atom stereocenters. The summed E-state index contributed by atoms with van der Waals surface area (Å²) in [6, 6.07) is 185. The predicted molar refractivity (Wildman–Crippen MR) is 555 cm³/mol. The third-order valence-corrected chi connectivity index (χ3v) is 28.3. The zero-order valence-electron chi connectivity index (χ0n) is 72.7. The highest BCUT2D eigenvalue weighted by atomic mass is 16.5. The first-order valence-electron chi connectivity index (χ1n) is 46.1. The third-order valence-electron chi connectivity index (χ3n) is 28.3. The van der Waals surface area contributed by atoms with E-state index in [2.05, 4.69) is 507 Å². The van der Waals surface area contributed by atoms with Crippen LogP contribution >= 0.6 is 0 Å². The number of hydrogen-bond donors (Lipinski definition) is 0. The Balaban J connectivity index is 0.809. The Morgan fingerprint density at radius 1 is 0.180 bits per heavy atom. The minimum atomic E-state index is -0.683. The Morgan fingerprint density at radius 3 is 1.00 bits per heavy atom. The molecular formula is C127H82B2N2O2. The lowest BCUT2D eigenvalue weighted by Crippen LogP contribution is -2.65. The number of benzene rings is 21. The fraction of sp³-hybridized carbons (Fsp3) is 0.00787. The number of hydrogen-bond acceptors (Lipinski definition) is 4. The molecule has 0 saturated heterocycles. The summed E-state index contributed by atoms with van der Waals surface area (Å²) < 4.78 is 17.0. The van der Waals surface area contributed by atoms with Crippen LogP contribution in [0.5, 0.6) is 23.0 Å². The maximum absolute atomic E-state index is 8.55. The van der Waals surface area contributed by atoms with Crippen molar-refractivity contribution in [1.82, 2.24) is 0 Å². The molecule has 4 aliphatic heterocycles. The summed E-state index contributed by atoms with van der Waals surface area (Å²) in [6.07, 6.45) is 0. The van der Waals surface area contributed by atoms with Crippen LogP contribution in [0.1, 0.15) is 22.3 Å². The molecule has 0 fully saturated rings. The highest BCUT2D eigenvalue weighted by molar-refractivity contribution is 7.03. The van der Waals surface area contributed by atoms with Gasteiger partial charge in [0.05, 0.1) is 16.8 Å². The molecule has 4 heterocycles. The SMILES string of the molecule is c1ccc(-c2ccc(-c3cccc(-c4ccc(-c5ccccc5)cc4)c3N3c4ccc(-c5ccccc5)cc4B4c5c3cc(-c3ccccc3)cc5N(c3c(-c5ccccc5)cccc3-c3ccccc3)c3cc5c6c(c34)Oc3ccc(-c4ccccc4)cc3B6c3cc(-c4ccccc4)cc(-c4cccc6c4-c4ccccc4C6(c4ccccc4)c4ccccc4)c3O5)cc2)cc1. The van der Waals surface area contributed by atoms with Gasteiger partial charge < -0.3 is 19.3 Å². The maximum Gasteiger partial charge on any atom is 0.260 e. The number of nitrogens with zero attached hydrogens (tertiary/aromatic N) is 2. The summed E-state index contributed by atoms with van der Waals surface area (Å²) in [4.78, 5) is 5.32. The molecule has 5 aliphatic rings. The Labute approximate surface area is 775 Å². The highest BCUT2D eigenvalue weighted by Crippen LogP contribution is 2.61. The third kappa shape index (κ3) is 12.5. The average Bonchev–Trinajstić information content (AvgIpc) is 1.43. The summed E-state index contributed by atoms with van der Waals surface area (Å²) >= 11 is 0. The molecule has 0 saturated carbocycles. The average molecular weight is 1690 g/mol. The predicted octanol–water partition coefficient (Wildman–Crippen LogP) is 29.2. The van der Waals surface area contributed by atoms with E-state index in [9.17, 15) is 0 Å². The van der Waals surface area contributed by atoms with Crippen molar-refractivity contribution in [2.45, 2.75) is 5.41 Å². The van der Waals surface area contributed by atoms with Crippen molar-refractivity contribution < 1.29 is 9.47 Å². The lowest BCUT2D eigenvalue weighted by atomic mass is 9.30. The quantitative estimate of drug-likeness (QED) is 0.0955. The summed E-state index contributed by atoms with van der Waals surface area (Å²) in [7, 11) is 0. The van der Waals surface area contributed by atoms with E-state index in [1.807, 2.05) is 0 Å². The van der Waals surface area contributed by atoms with Crippen molar-refractivity contribution in [2.24, 2.45) is 0 Å². The fourth-order valence-corrected chi connectivity index (χ4v) is 22.4. The molecule has 0 N–H and O–H groups in total. The van der Waals surface area contributed by atoms with Crippen LogP contribution in [-0.2, 0) is 5.41 Å². The number of fused-ring (bicyclic) bond motifs is 12. The monoisotopic (exact) mass is 1690 g/mol.